The number of nitrogens with zero attached hydrogens (tertiary/aromatic N) is 5. The predicted molar refractivity (Wildman–Crippen MR) is 54.0 cm³/mol. The van der Waals surface area contributed by atoms with E-state index in [-0.39, 0.29) is 0 Å². The number of hydrogen-bond donors (Lipinski definition) is 0. The molecule has 0 aromatic carbocycles. The van der Waals surface area contributed by atoms with Gasteiger partial charge in [0.1, 0.15) is 5.69 Å². The van der Waals surface area contributed by atoms with Crippen LogP contribution in [0, 0.1) is 0 Å². The molecule has 0 unspecified atom stereocenters. The molecule has 3 rings (SSSR count). The van der Waals surface area contributed by atoms with Crippen molar-refractivity contribution in [2.24, 2.45) is 0 Å². The lowest BCUT2D eigenvalue weighted by molar-refractivity contribution is 0.935. The van der Waals surface area contributed by atoms with E-state index in [0.717, 1.165) is 11.3 Å². The summed E-state index contributed by atoms with van der Waals surface area (Å²) in [5.41, 5.74) is 1.52. The molecule has 0 bridgehead atoms. The molecule has 0 spiro atoms. The monoisotopic (exact) mass is 197 g/mol. The molecule has 0 radical (unpaired) electrons. The molecule has 5 heteroatoms. The Bertz CT molecular complexity index is 554. The van der Waals surface area contributed by atoms with Gasteiger partial charge in [-0.05, 0) is 12.1 Å². The summed E-state index contributed by atoms with van der Waals surface area (Å²) >= 11 is 0. The first-order chi connectivity index (χ1) is 7.43. The van der Waals surface area contributed by atoms with Crippen molar-refractivity contribution < 1.29 is 0 Å². The summed E-state index contributed by atoms with van der Waals surface area (Å²) in [5, 5.41) is 4.31. The van der Waals surface area contributed by atoms with Gasteiger partial charge in [-0.25, -0.2) is 19.5 Å². The number of fused-ring (bicyclic) bond motifs is 1. The van der Waals surface area contributed by atoms with E-state index in [0.29, 0.717) is 5.82 Å². The van der Waals surface area contributed by atoms with Crippen LogP contribution in [0.3, 0.4) is 0 Å². The fourth-order valence-electron chi connectivity index (χ4n) is 1.37. The van der Waals surface area contributed by atoms with E-state index in [4.69, 9.17) is 0 Å². The summed E-state index contributed by atoms with van der Waals surface area (Å²) in [6.45, 7) is 0. The van der Waals surface area contributed by atoms with Crippen LogP contribution in [-0.4, -0.2) is 24.6 Å². The highest BCUT2D eigenvalue weighted by Gasteiger charge is 2.05. The maximum atomic E-state index is 4.31. The quantitative estimate of drug-likeness (QED) is 0.588. The van der Waals surface area contributed by atoms with Gasteiger partial charge in [0, 0.05) is 30.9 Å². The van der Waals surface area contributed by atoms with Crippen molar-refractivity contribution in [1.82, 2.24) is 24.6 Å². The Kier molecular flexibility index (Phi) is 1.68. The van der Waals surface area contributed by atoms with Gasteiger partial charge in [0.2, 0.25) is 0 Å². The summed E-state index contributed by atoms with van der Waals surface area (Å²) in [6, 6.07) is 5.46. The second-order valence-electron chi connectivity index (χ2n) is 3.02. The van der Waals surface area contributed by atoms with Gasteiger partial charge in [-0.1, -0.05) is 0 Å². The van der Waals surface area contributed by atoms with E-state index < -0.39 is 0 Å². The van der Waals surface area contributed by atoms with Crippen LogP contribution >= 0.6 is 0 Å². The molecule has 15 heavy (non-hydrogen) atoms. The number of aromatic nitrogens is 5. The molecule has 5 nitrogen and oxygen atoms in total. The first-order valence-electron chi connectivity index (χ1n) is 4.51. The zero-order chi connectivity index (χ0) is 10.1. The van der Waals surface area contributed by atoms with Crippen LogP contribution in [0.25, 0.3) is 17.2 Å². The Morgan fingerprint density at radius 2 is 1.73 bits per heavy atom. The van der Waals surface area contributed by atoms with Gasteiger partial charge in [0.25, 0.3) is 0 Å². The van der Waals surface area contributed by atoms with Crippen molar-refractivity contribution in [1.29, 1.82) is 0 Å². The summed E-state index contributed by atoms with van der Waals surface area (Å²) in [4.78, 5) is 12.4. The van der Waals surface area contributed by atoms with Crippen molar-refractivity contribution in [2.75, 3.05) is 0 Å². The average Bonchev–Trinajstić information content (AvgIpc) is 2.74. The van der Waals surface area contributed by atoms with E-state index in [1.54, 1.807) is 29.2 Å². The van der Waals surface area contributed by atoms with Crippen molar-refractivity contribution in [3.63, 3.8) is 0 Å². The van der Waals surface area contributed by atoms with Gasteiger partial charge in [-0.15, -0.1) is 0 Å². The zero-order valence-electron chi connectivity index (χ0n) is 7.78. The Hall–Kier alpha value is -2.30. The Morgan fingerprint density at radius 1 is 0.933 bits per heavy atom. The summed E-state index contributed by atoms with van der Waals surface area (Å²) in [6.07, 6.45) is 6.96. The highest BCUT2D eigenvalue weighted by atomic mass is 15.3. The zero-order valence-corrected chi connectivity index (χ0v) is 7.78. The SMILES string of the molecule is c1cnc(-c2cc3ncccn3n2)nc1. The summed E-state index contributed by atoms with van der Waals surface area (Å²) in [7, 11) is 0. The lowest BCUT2D eigenvalue weighted by atomic mass is 10.4. The van der Waals surface area contributed by atoms with Gasteiger partial charge >= 0.3 is 0 Å². The minimum Gasteiger partial charge on any atom is -0.237 e. The molecular weight excluding hydrogens is 190 g/mol. The van der Waals surface area contributed by atoms with Crippen LogP contribution in [0.4, 0.5) is 0 Å². The van der Waals surface area contributed by atoms with Gasteiger partial charge in [0.15, 0.2) is 11.5 Å². The molecule has 0 aliphatic heterocycles. The highest BCUT2D eigenvalue weighted by molar-refractivity contribution is 5.56. The largest absolute Gasteiger partial charge is 0.237 e. The summed E-state index contributed by atoms with van der Waals surface area (Å²) in [5.74, 6) is 0.614. The Morgan fingerprint density at radius 3 is 2.53 bits per heavy atom. The lowest BCUT2D eigenvalue weighted by Crippen LogP contribution is -1.89. The molecule has 3 heterocycles. The lowest BCUT2D eigenvalue weighted by Gasteiger charge is -1.90. The normalized spacial score (nSPS) is 10.7. The van der Waals surface area contributed by atoms with Crippen LogP contribution in [0.2, 0.25) is 0 Å². The first-order valence-corrected chi connectivity index (χ1v) is 4.51. The van der Waals surface area contributed by atoms with Crippen LogP contribution in [0.1, 0.15) is 0 Å². The number of rotatable bonds is 1. The molecule has 0 aliphatic carbocycles. The first kappa shape index (κ1) is 8.05. The van der Waals surface area contributed by atoms with Gasteiger partial charge in [-0.3, -0.25) is 0 Å². The van der Waals surface area contributed by atoms with E-state index in [9.17, 15) is 0 Å². The fraction of sp³-hybridized carbons (Fsp3) is 0. The van der Waals surface area contributed by atoms with Crippen molar-refractivity contribution in [3.05, 3.63) is 43.0 Å². The maximum absolute atomic E-state index is 4.31. The molecule has 0 fully saturated rings. The third kappa shape index (κ3) is 1.34. The van der Waals surface area contributed by atoms with Crippen LogP contribution in [0.5, 0.6) is 0 Å². The predicted octanol–water partition coefficient (Wildman–Crippen LogP) is 1.19. The van der Waals surface area contributed by atoms with Crippen LogP contribution in [-0.2, 0) is 0 Å². The molecule has 3 aromatic heterocycles. The molecular formula is C10H7N5. The second-order valence-corrected chi connectivity index (χ2v) is 3.02. The highest BCUT2D eigenvalue weighted by Crippen LogP contribution is 2.12. The second kappa shape index (κ2) is 3.13. The Labute approximate surface area is 85.5 Å². The molecule has 0 N–H and O–H groups in total. The number of hydrogen-bond acceptors (Lipinski definition) is 4. The molecule has 72 valence electrons. The third-order valence-corrected chi connectivity index (χ3v) is 2.03. The average molecular weight is 197 g/mol. The van der Waals surface area contributed by atoms with Gasteiger partial charge in [0.05, 0.1) is 0 Å². The molecule has 0 saturated heterocycles. The smallest absolute Gasteiger partial charge is 0.180 e. The van der Waals surface area contributed by atoms with Crippen LogP contribution < -0.4 is 0 Å². The molecule has 0 atom stereocenters. The fourth-order valence-corrected chi connectivity index (χ4v) is 1.37. The van der Waals surface area contributed by atoms with Gasteiger partial charge < -0.3 is 0 Å². The Balaban J connectivity index is 2.21. The van der Waals surface area contributed by atoms with Crippen molar-refractivity contribution >= 4 is 5.65 Å². The van der Waals surface area contributed by atoms with E-state index >= 15 is 0 Å². The molecule has 0 aliphatic rings. The summed E-state index contributed by atoms with van der Waals surface area (Å²) < 4.78 is 1.70. The standard InChI is InChI=1S/C10H7N5/c1-3-12-10(13-4-1)8-7-9-11-5-2-6-15(9)14-8/h1-7H. The minimum absolute atomic E-state index is 0.614. The molecule has 0 amide bonds. The molecule has 3 aromatic rings. The topological polar surface area (TPSA) is 56.0 Å². The van der Waals surface area contributed by atoms with Gasteiger partial charge in [-0.2, -0.15) is 5.10 Å². The van der Waals surface area contributed by atoms with E-state index in [1.165, 1.54) is 0 Å². The third-order valence-electron chi connectivity index (χ3n) is 2.03. The molecule has 0 saturated carbocycles. The van der Waals surface area contributed by atoms with Crippen molar-refractivity contribution in [3.8, 4) is 11.5 Å². The van der Waals surface area contributed by atoms with Crippen molar-refractivity contribution in [2.45, 2.75) is 0 Å². The minimum atomic E-state index is 0.614. The van der Waals surface area contributed by atoms with Crippen LogP contribution in [0.15, 0.2) is 43.0 Å². The maximum Gasteiger partial charge on any atom is 0.180 e. The van der Waals surface area contributed by atoms with E-state index in [1.807, 2.05) is 18.3 Å². The van der Waals surface area contributed by atoms with E-state index in [2.05, 4.69) is 20.1 Å².